The zero-order valence-corrected chi connectivity index (χ0v) is 8.30. The molecule has 0 aliphatic rings. The Kier molecular flexibility index (Phi) is 3.89. The van der Waals surface area contributed by atoms with Gasteiger partial charge in [0, 0.05) is 16.6 Å². The lowest BCUT2D eigenvalue weighted by Gasteiger charge is -1.95. The number of rotatable bonds is 5. The molecule has 0 amide bonds. The van der Waals surface area contributed by atoms with Crippen LogP contribution in [-0.2, 0) is 16.6 Å². The summed E-state index contributed by atoms with van der Waals surface area (Å²) in [6.45, 7) is 1.98. The van der Waals surface area contributed by atoms with Crippen molar-refractivity contribution in [2.45, 2.75) is 19.1 Å². The predicted molar refractivity (Wildman–Crippen MR) is 51.1 cm³/mol. The van der Waals surface area contributed by atoms with Gasteiger partial charge in [-0.15, -0.1) is 0 Å². The van der Waals surface area contributed by atoms with E-state index < -0.39 is 10.8 Å². The zero-order valence-electron chi connectivity index (χ0n) is 7.49. The van der Waals surface area contributed by atoms with E-state index in [0.717, 1.165) is 6.42 Å². The highest BCUT2D eigenvalue weighted by Gasteiger charge is 2.04. The summed E-state index contributed by atoms with van der Waals surface area (Å²) < 4.78 is 16.4. The predicted octanol–water partition coefficient (Wildman–Crippen LogP) is 1.75. The second-order valence-electron chi connectivity index (χ2n) is 2.71. The molecular weight excluding hydrogens is 188 g/mol. The first-order valence-electron chi connectivity index (χ1n) is 4.15. The third-order valence-corrected chi connectivity index (χ3v) is 3.00. The molecular formula is C9H12O3S. The van der Waals surface area contributed by atoms with Crippen molar-refractivity contribution >= 4 is 17.1 Å². The molecule has 1 rings (SSSR count). The fraction of sp³-hybridized carbons (Fsp3) is 0.444. The molecule has 0 aromatic carbocycles. The number of carbonyl (C=O) groups is 1. The van der Waals surface area contributed by atoms with Crippen LogP contribution < -0.4 is 0 Å². The van der Waals surface area contributed by atoms with E-state index >= 15 is 0 Å². The van der Waals surface area contributed by atoms with E-state index in [1.807, 2.05) is 6.92 Å². The van der Waals surface area contributed by atoms with E-state index in [0.29, 0.717) is 29.3 Å². The molecule has 72 valence electrons. The Bertz CT molecular complexity index is 304. The van der Waals surface area contributed by atoms with Crippen molar-refractivity contribution in [3.8, 4) is 0 Å². The third-order valence-electron chi connectivity index (χ3n) is 1.53. The molecule has 0 aliphatic heterocycles. The van der Waals surface area contributed by atoms with Gasteiger partial charge in [-0.1, -0.05) is 6.92 Å². The minimum Gasteiger partial charge on any atom is -0.457 e. The summed E-state index contributed by atoms with van der Waals surface area (Å²) in [5, 5.41) is 0. The van der Waals surface area contributed by atoms with Gasteiger partial charge in [-0.2, -0.15) is 0 Å². The van der Waals surface area contributed by atoms with Crippen LogP contribution in [0.15, 0.2) is 16.5 Å². The van der Waals surface area contributed by atoms with Crippen LogP contribution in [0, 0.1) is 0 Å². The van der Waals surface area contributed by atoms with E-state index in [2.05, 4.69) is 0 Å². The molecule has 0 aliphatic carbocycles. The summed E-state index contributed by atoms with van der Waals surface area (Å²) in [6, 6.07) is 3.28. The van der Waals surface area contributed by atoms with Crippen LogP contribution in [0.2, 0.25) is 0 Å². The van der Waals surface area contributed by atoms with Crippen LogP contribution in [-0.4, -0.2) is 16.2 Å². The van der Waals surface area contributed by atoms with Crippen LogP contribution in [0.25, 0.3) is 0 Å². The Morgan fingerprint density at radius 3 is 2.85 bits per heavy atom. The summed E-state index contributed by atoms with van der Waals surface area (Å²) in [4.78, 5) is 10.3. The van der Waals surface area contributed by atoms with Gasteiger partial charge in [0.2, 0.25) is 0 Å². The minimum atomic E-state index is -0.869. The first-order chi connectivity index (χ1) is 6.26. The molecule has 1 atom stereocenters. The van der Waals surface area contributed by atoms with Gasteiger partial charge >= 0.3 is 0 Å². The van der Waals surface area contributed by atoms with Gasteiger partial charge in [0.05, 0.1) is 5.75 Å². The summed E-state index contributed by atoms with van der Waals surface area (Å²) >= 11 is 0. The summed E-state index contributed by atoms with van der Waals surface area (Å²) in [5.41, 5.74) is 0. The molecule has 1 unspecified atom stereocenters. The van der Waals surface area contributed by atoms with Crippen LogP contribution >= 0.6 is 0 Å². The van der Waals surface area contributed by atoms with Crippen LogP contribution in [0.5, 0.6) is 0 Å². The highest BCUT2D eigenvalue weighted by atomic mass is 32.2. The molecule has 0 N–H and O–H groups in total. The summed E-state index contributed by atoms with van der Waals surface area (Å²) in [5.74, 6) is 2.00. The topological polar surface area (TPSA) is 47.3 Å². The molecule has 13 heavy (non-hydrogen) atoms. The van der Waals surface area contributed by atoms with Crippen molar-refractivity contribution in [2.24, 2.45) is 0 Å². The van der Waals surface area contributed by atoms with Crippen molar-refractivity contribution in [3.05, 3.63) is 23.7 Å². The van der Waals surface area contributed by atoms with Gasteiger partial charge < -0.3 is 4.42 Å². The van der Waals surface area contributed by atoms with Gasteiger partial charge in [-0.25, -0.2) is 0 Å². The van der Waals surface area contributed by atoms with E-state index in [1.54, 1.807) is 12.1 Å². The number of aldehydes is 1. The fourth-order valence-electron chi connectivity index (χ4n) is 0.994. The maximum absolute atomic E-state index is 11.3. The van der Waals surface area contributed by atoms with E-state index in [4.69, 9.17) is 4.42 Å². The average Bonchev–Trinajstić information content (AvgIpc) is 2.52. The number of hydrogen-bond donors (Lipinski definition) is 0. The summed E-state index contributed by atoms with van der Waals surface area (Å²) in [6.07, 6.45) is 1.54. The first kappa shape index (κ1) is 10.2. The molecule has 1 heterocycles. The molecule has 4 heteroatoms. The third kappa shape index (κ3) is 3.14. The number of hydrogen-bond acceptors (Lipinski definition) is 3. The van der Waals surface area contributed by atoms with Gasteiger partial charge in [0.1, 0.15) is 5.76 Å². The van der Waals surface area contributed by atoms with Crippen molar-refractivity contribution < 1.29 is 13.4 Å². The molecule has 0 spiro atoms. The van der Waals surface area contributed by atoms with Gasteiger partial charge in [-0.05, 0) is 18.6 Å². The Hall–Kier alpha value is -0.900. The Labute approximate surface area is 79.6 Å². The smallest absolute Gasteiger partial charge is 0.185 e. The van der Waals surface area contributed by atoms with E-state index in [1.165, 1.54) is 0 Å². The lowest BCUT2D eigenvalue weighted by molar-refractivity contribution is 0.109. The zero-order chi connectivity index (χ0) is 9.68. The maximum atomic E-state index is 11.3. The molecule has 0 saturated carbocycles. The lowest BCUT2D eigenvalue weighted by Crippen LogP contribution is -1.98. The number of furan rings is 1. The largest absolute Gasteiger partial charge is 0.457 e. The average molecular weight is 200 g/mol. The molecule has 1 aromatic heterocycles. The van der Waals surface area contributed by atoms with E-state index in [-0.39, 0.29) is 0 Å². The SMILES string of the molecule is CCCS(=O)Cc1ccc(C=O)o1. The van der Waals surface area contributed by atoms with Crippen molar-refractivity contribution in [2.75, 3.05) is 5.75 Å². The summed E-state index contributed by atoms with van der Waals surface area (Å²) in [7, 11) is -0.869. The second kappa shape index (κ2) is 4.97. The van der Waals surface area contributed by atoms with Crippen LogP contribution in [0.3, 0.4) is 0 Å². The van der Waals surface area contributed by atoms with Crippen molar-refractivity contribution in [1.82, 2.24) is 0 Å². The van der Waals surface area contributed by atoms with Crippen LogP contribution in [0.4, 0.5) is 0 Å². The Morgan fingerprint density at radius 1 is 1.54 bits per heavy atom. The monoisotopic (exact) mass is 200 g/mol. The van der Waals surface area contributed by atoms with Crippen molar-refractivity contribution in [3.63, 3.8) is 0 Å². The molecule has 0 bridgehead atoms. The highest BCUT2D eigenvalue weighted by molar-refractivity contribution is 7.84. The molecule has 0 radical (unpaired) electrons. The highest BCUT2D eigenvalue weighted by Crippen LogP contribution is 2.08. The molecule has 0 fully saturated rings. The first-order valence-corrected chi connectivity index (χ1v) is 5.64. The standard InChI is InChI=1S/C9H12O3S/c1-2-5-13(11)7-9-4-3-8(6-10)12-9/h3-4,6H,2,5,7H2,1H3. The van der Waals surface area contributed by atoms with E-state index in [9.17, 15) is 9.00 Å². The Morgan fingerprint density at radius 2 is 2.31 bits per heavy atom. The fourth-order valence-corrected chi connectivity index (χ4v) is 2.07. The molecule has 1 aromatic rings. The van der Waals surface area contributed by atoms with Crippen molar-refractivity contribution in [1.29, 1.82) is 0 Å². The maximum Gasteiger partial charge on any atom is 0.185 e. The normalized spacial score (nSPS) is 12.7. The molecule has 0 saturated heterocycles. The van der Waals surface area contributed by atoms with Crippen LogP contribution in [0.1, 0.15) is 29.7 Å². The van der Waals surface area contributed by atoms with Gasteiger partial charge in [0.25, 0.3) is 0 Å². The quantitative estimate of drug-likeness (QED) is 0.680. The molecule has 3 nitrogen and oxygen atoms in total. The van der Waals surface area contributed by atoms with Gasteiger partial charge in [0.15, 0.2) is 12.0 Å². The second-order valence-corrected chi connectivity index (χ2v) is 4.29. The van der Waals surface area contributed by atoms with Gasteiger partial charge in [-0.3, -0.25) is 9.00 Å². The lowest BCUT2D eigenvalue weighted by atomic mass is 10.4. The Balaban J connectivity index is 2.53. The minimum absolute atomic E-state index is 0.295. The number of carbonyl (C=O) groups excluding carboxylic acids is 1.